The number of hydrogen-bond donors (Lipinski definition) is 3. The van der Waals surface area contributed by atoms with Gasteiger partial charge in [-0.3, -0.25) is 15.1 Å². The Morgan fingerprint density at radius 2 is 2.00 bits per heavy atom. The van der Waals surface area contributed by atoms with Gasteiger partial charge in [-0.05, 0) is 76.0 Å². The van der Waals surface area contributed by atoms with Crippen molar-refractivity contribution in [2.45, 2.75) is 64.3 Å². The van der Waals surface area contributed by atoms with Gasteiger partial charge >= 0.3 is 6.03 Å². The number of nitrogens with one attached hydrogen (secondary N) is 3. The summed E-state index contributed by atoms with van der Waals surface area (Å²) in [4.78, 5) is 31.0. The Labute approximate surface area is 168 Å². The predicted octanol–water partition coefficient (Wildman–Crippen LogP) is 2.09. The number of hydrogen-bond acceptors (Lipinski definition) is 3. The van der Waals surface area contributed by atoms with E-state index >= 15 is 0 Å². The number of carbonyl (C=O) groups excluding carboxylic acids is 2. The summed E-state index contributed by atoms with van der Waals surface area (Å²) in [6, 6.07) is -0.370. The fraction of sp³-hybridized carbons (Fsp3) is 0.857. The lowest BCUT2D eigenvalue weighted by molar-refractivity contribution is -0.125. The third-order valence-electron chi connectivity index (χ3n) is 7.66. The number of nitrogens with zero attached hydrogens (tertiary/aromatic N) is 2. The van der Waals surface area contributed by atoms with Crippen LogP contribution in [0.4, 0.5) is 4.79 Å². The number of likely N-dealkylation sites (tertiary alicyclic amines) is 1. The van der Waals surface area contributed by atoms with Crippen molar-refractivity contribution in [2.75, 3.05) is 26.2 Å². The third kappa shape index (κ3) is 3.72. The minimum atomic E-state index is -0.777. The van der Waals surface area contributed by atoms with Crippen molar-refractivity contribution in [3.8, 4) is 0 Å². The lowest BCUT2D eigenvalue weighted by Gasteiger charge is -2.39. The zero-order chi connectivity index (χ0) is 19.7. The lowest BCUT2D eigenvalue weighted by Crippen LogP contribution is -2.55. The van der Waals surface area contributed by atoms with Crippen molar-refractivity contribution in [1.82, 2.24) is 20.9 Å². The molecule has 156 valence electrons. The van der Waals surface area contributed by atoms with Crippen LogP contribution in [0.2, 0.25) is 0 Å². The second-order valence-electron chi connectivity index (χ2n) is 9.33. The Hall–Kier alpha value is -1.79. The molecular weight excluding hydrogens is 354 g/mol. The molecule has 28 heavy (non-hydrogen) atoms. The summed E-state index contributed by atoms with van der Waals surface area (Å²) < 4.78 is 0. The number of imide groups is 1. The second-order valence-corrected chi connectivity index (χ2v) is 9.33. The van der Waals surface area contributed by atoms with Gasteiger partial charge in [0.15, 0.2) is 5.96 Å². The maximum atomic E-state index is 12.2. The SMILES string of the molecule is CCNC(=NCCC1CC2CCC1C2)N1CCC(C2(C)NC(=O)NC2=O)CC1. The number of rotatable bonds is 5. The van der Waals surface area contributed by atoms with Gasteiger partial charge in [0.25, 0.3) is 5.91 Å². The van der Waals surface area contributed by atoms with Crippen LogP contribution in [-0.4, -0.2) is 54.5 Å². The standard InChI is InChI=1S/C21H35N5O2/c1-3-22-19(23-9-6-16-13-14-4-5-15(16)12-14)26-10-7-17(8-11-26)21(2)18(27)24-20(28)25-21/h14-17H,3-13H2,1-2H3,(H,22,23)(H2,24,25,27,28). The first-order chi connectivity index (χ1) is 13.5. The molecule has 0 spiro atoms. The smallest absolute Gasteiger partial charge is 0.322 e. The maximum absolute atomic E-state index is 12.2. The van der Waals surface area contributed by atoms with Crippen LogP contribution in [0.3, 0.4) is 0 Å². The van der Waals surface area contributed by atoms with Crippen molar-refractivity contribution >= 4 is 17.9 Å². The Morgan fingerprint density at radius 1 is 1.21 bits per heavy atom. The average Bonchev–Trinajstić information content (AvgIpc) is 3.36. The molecule has 4 atom stereocenters. The Kier molecular flexibility index (Phi) is 5.52. The molecule has 3 amide bonds. The zero-order valence-electron chi connectivity index (χ0n) is 17.3. The summed E-state index contributed by atoms with van der Waals surface area (Å²) in [5, 5.41) is 8.67. The number of piperidine rings is 1. The normalized spacial score (nSPS) is 36.0. The van der Waals surface area contributed by atoms with Crippen molar-refractivity contribution in [3.63, 3.8) is 0 Å². The van der Waals surface area contributed by atoms with Crippen LogP contribution >= 0.6 is 0 Å². The molecule has 3 N–H and O–H groups in total. The lowest BCUT2D eigenvalue weighted by atomic mass is 9.79. The monoisotopic (exact) mass is 389 g/mol. The molecule has 2 saturated heterocycles. The van der Waals surface area contributed by atoms with Crippen LogP contribution in [-0.2, 0) is 4.79 Å². The van der Waals surface area contributed by atoms with Crippen molar-refractivity contribution in [2.24, 2.45) is 28.7 Å². The molecule has 4 unspecified atom stereocenters. The number of guanidine groups is 1. The number of fused-ring (bicyclic) bond motifs is 2. The first-order valence-electron chi connectivity index (χ1n) is 11.2. The first kappa shape index (κ1) is 19.5. The van der Waals surface area contributed by atoms with Crippen molar-refractivity contribution < 1.29 is 9.59 Å². The van der Waals surface area contributed by atoms with Crippen LogP contribution < -0.4 is 16.0 Å². The molecular formula is C21H35N5O2. The van der Waals surface area contributed by atoms with E-state index in [4.69, 9.17) is 4.99 Å². The Bertz CT molecular complexity index is 643. The highest BCUT2D eigenvalue weighted by Gasteiger charge is 2.48. The summed E-state index contributed by atoms with van der Waals surface area (Å²) >= 11 is 0. The molecule has 2 aliphatic carbocycles. The fourth-order valence-electron chi connectivity index (χ4n) is 6.01. The van der Waals surface area contributed by atoms with E-state index in [0.29, 0.717) is 0 Å². The van der Waals surface area contributed by atoms with E-state index in [1.807, 2.05) is 6.92 Å². The highest BCUT2D eigenvalue weighted by atomic mass is 16.2. The van der Waals surface area contributed by atoms with E-state index < -0.39 is 5.54 Å². The molecule has 0 aromatic carbocycles. The highest BCUT2D eigenvalue weighted by Crippen LogP contribution is 2.49. The molecule has 2 saturated carbocycles. The summed E-state index contributed by atoms with van der Waals surface area (Å²) in [6.07, 6.45) is 8.76. The average molecular weight is 390 g/mol. The van der Waals surface area contributed by atoms with Gasteiger partial charge in [0.1, 0.15) is 5.54 Å². The van der Waals surface area contributed by atoms with E-state index in [-0.39, 0.29) is 17.9 Å². The summed E-state index contributed by atoms with van der Waals surface area (Å²) in [5.41, 5.74) is -0.777. The molecule has 4 rings (SSSR count). The molecule has 4 aliphatic rings. The van der Waals surface area contributed by atoms with Gasteiger partial charge in [-0.2, -0.15) is 0 Å². The van der Waals surface area contributed by atoms with Gasteiger partial charge in [-0.25, -0.2) is 4.79 Å². The Morgan fingerprint density at radius 3 is 2.57 bits per heavy atom. The van der Waals surface area contributed by atoms with Crippen molar-refractivity contribution in [3.05, 3.63) is 0 Å². The minimum absolute atomic E-state index is 0.159. The van der Waals surface area contributed by atoms with Gasteiger partial charge in [0.05, 0.1) is 0 Å². The minimum Gasteiger partial charge on any atom is -0.357 e. The first-order valence-corrected chi connectivity index (χ1v) is 11.2. The number of aliphatic imine (C=N–C) groups is 1. The summed E-state index contributed by atoms with van der Waals surface area (Å²) in [5.74, 6) is 3.83. The van der Waals surface area contributed by atoms with E-state index in [2.05, 4.69) is 27.8 Å². The summed E-state index contributed by atoms with van der Waals surface area (Å²) in [6.45, 7) is 7.46. The van der Waals surface area contributed by atoms with Gasteiger partial charge < -0.3 is 15.5 Å². The van der Waals surface area contributed by atoms with Gasteiger partial charge in [-0.15, -0.1) is 0 Å². The number of urea groups is 1. The van der Waals surface area contributed by atoms with Crippen LogP contribution in [0.1, 0.15) is 58.8 Å². The maximum Gasteiger partial charge on any atom is 0.322 e. The molecule has 0 aromatic rings. The fourth-order valence-corrected chi connectivity index (χ4v) is 6.01. The molecule has 2 heterocycles. The molecule has 2 aliphatic heterocycles. The second kappa shape index (κ2) is 7.91. The Balaban J connectivity index is 1.30. The molecule has 0 radical (unpaired) electrons. The van der Waals surface area contributed by atoms with Gasteiger partial charge in [0.2, 0.25) is 0 Å². The van der Waals surface area contributed by atoms with Crippen LogP contribution in [0.5, 0.6) is 0 Å². The van der Waals surface area contributed by atoms with E-state index in [9.17, 15) is 9.59 Å². The number of carbonyl (C=O) groups is 2. The zero-order valence-corrected chi connectivity index (χ0v) is 17.3. The van der Waals surface area contributed by atoms with Crippen molar-refractivity contribution in [1.29, 1.82) is 0 Å². The van der Waals surface area contributed by atoms with E-state index in [1.165, 1.54) is 32.1 Å². The van der Waals surface area contributed by atoms with Gasteiger partial charge in [-0.1, -0.05) is 6.42 Å². The molecule has 4 fully saturated rings. The number of amides is 3. The highest BCUT2D eigenvalue weighted by molar-refractivity contribution is 6.07. The third-order valence-corrected chi connectivity index (χ3v) is 7.66. The van der Waals surface area contributed by atoms with Crippen LogP contribution in [0.15, 0.2) is 4.99 Å². The molecule has 0 aromatic heterocycles. The summed E-state index contributed by atoms with van der Waals surface area (Å²) in [7, 11) is 0. The topological polar surface area (TPSA) is 85.8 Å². The molecule has 2 bridgehead atoms. The van der Waals surface area contributed by atoms with E-state index in [0.717, 1.165) is 62.7 Å². The molecule has 7 nitrogen and oxygen atoms in total. The predicted molar refractivity (Wildman–Crippen MR) is 109 cm³/mol. The van der Waals surface area contributed by atoms with E-state index in [1.54, 1.807) is 0 Å². The van der Waals surface area contributed by atoms with Gasteiger partial charge in [0, 0.05) is 26.2 Å². The van der Waals surface area contributed by atoms with Crippen LogP contribution in [0, 0.1) is 23.7 Å². The van der Waals surface area contributed by atoms with Crippen LogP contribution in [0.25, 0.3) is 0 Å². The largest absolute Gasteiger partial charge is 0.357 e. The molecule has 7 heteroatoms. The quantitative estimate of drug-likeness (QED) is 0.382.